The van der Waals surface area contributed by atoms with E-state index in [0.717, 1.165) is 50.0 Å². The van der Waals surface area contributed by atoms with E-state index in [0.29, 0.717) is 6.54 Å². The zero-order chi connectivity index (χ0) is 16.4. The van der Waals surface area contributed by atoms with Crippen molar-refractivity contribution in [3.05, 3.63) is 47.8 Å². The Morgan fingerprint density at radius 2 is 2.25 bits per heavy atom. The van der Waals surface area contributed by atoms with Crippen LogP contribution in [0.5, 0.6) is 0 Å². The van der Waals surface area contributed by atoms with Gasteiger partial charge in [0.2, 0.25) is 0 Å². The molecule has 6 heteroatoms. The Bertz CT molecular complexity index is 695. The molecule has 0 bridgehead atoms. The van der Waals surface area contributed by atoms with Gasteiger partial charge in [-0.3, -0.25) is 4.79 Å². The highest BCUT2D eigenvalue weighted by atomic mass is 16.5. The van der Waals surface area contributed by atoms with E-state index in [1.807, 2.05) is 35.4 Å². The van der Waals surface area contributed by atoms with Gasteiger partial charge in [0.15, 0.2) is 0 Å². The van der Waals surface area contributed by atoms with Crippen molar-refractivity contribution >= 4 is 5.91 Å². The highest BCUT2D eigenvalue weighted by molar-refractivity contribution is 5.94. The Kier molecular flexibility index (Phi) is 4.30. The standard InChI is InChI=1S/C18H22N4O2/c23-18(22-9-2-6-16(22)17-7-3-11-24-17)15-5-1-4-14(12-15)13-21-10-8-19-20-21/h1,4-5,8,10,12,16-17H,2-3,6-7,9,11,13H2. The molecule has 0 aliphatic carbocycles. The number of benzene rings is 1. The second-order valence-electron chi connectivity index (χ2n) is 6.56. The number of ether oxygens (including phenoxy) is 1. The maximum atomic E-state index is 13.0. The third kappa shape index (κ3) is 3.06. The third-order valence-electron chi connectivity index (χ3n) is 4.94. The van der Waals surface area contributed by atoms with E-state index in [9.17, 15) is 4.79 Å². The molecule has 1 amide bonds. The fourth-order valence-electron chi connectivity index (χ4n) is 3.81. The molecule has 1 aromatic carbocycles. The van der Waals surface area contributed by atoms with E-state index in [4.69, 9.17) is 4.74 Å². The predicted octanol–water partition coefficient (Wildman–Crippen LogP) is 2.11. The first-order valence-corrected chi connectivity index (χ1v) is 8.67. The van der Waals surface area contributed by atoms with Crippen molar-refractivity contribution in [3.8, 4) is 0 Å². The number of hydrogen-bond donors (Lipinski definition) is 0. The van der Waals surface area contributed by atoms with E-state index in [2.05, 4.69) is 10.3 Å². The van der Waals surface area contributed by atoms with Gasteiger partial charge >= 0.3 is 0 Å². The summed E-state index contributed by atoms with van der Waals surface area (Å²) in [6.45, 7) is 2.28. The molecule has 2 saturated heterocycles. The van der Waals surface area contributed by atoms with Crippen LogP contribution in [0.4, 0.5) is 0 Å². The van der Waals surface area contributed by atoms with Crippen LogP contribution in [0.15, 0.2) is 36.7 Å². The smallest absolute Gasteiger partial charge is 0.254 e. The molecule has 0 N–H and O–H groups in total. The van der Waals surface area contributed by atoms with Crippen LogP contribution in [0, 0.1) is 0 Å². The quantitative estimate of drug-likeness (QED) is 0.863. The fourth-order valence-corrected chi connectivity index (χ4v) is 3.81. The summed E-state index contributed by atoms with van der Waals surface area (Å²) in [5.74, 6) is 0.119. The molecule has 3 heterocycles. The molecule has 2 fully saturated rings. The van der Waals surface area contributed by atoms with Crippen LogP contribution in [0.25, 0.3) is 0 Å². The molecule has 2 aliphatic rings. The molecule has 2 unspecified atom stereocenters. The van der Waals surface area contributed by atoms with E-state index in [1.165, 1.54) is 0 Å². The van der Waals surface area contributed by atoms with Gasteiger partial charge in [-0.2, -0.15) is 0 Å². The van der Waals surface area contributed by atoms with Crippen LogP contribution in [0.3, 0.4) is 0 Å². The molecular formula is C18H22N4O2. The lowest BCUT2D eigenvalue weighted by molar-refractivity contribution is 0.0340. The van der Waals surface area contributed by atoms with Crippen molar-refractivity contribution in [2.75, 3.05) is 13.2 Å². The summed E-state index contributed by atoms with van der Waals surface area (Å²) < 4.78 is 7.59. The minimum absolute atomic E-state index is 0.119. The average molecular weight is 326 g/mol. The number of aromatic nitrogens is 3. The van der Waals surface area contributed by atoms with Crippen molar-refractivity contribution in [2.45, 2.75) is 44.4 Å². The summed E-state index contributed by atoms with van der Waals surface area (Å²) in [5.41, 5.74) is 1.80. The summed E-state index contributed by atoms with van der Waals surface area (Å²) in [6, 6.07) is 8.06. The molecule has 2 aromatic rings. The predicted molar refractivity (Wildman–Crippen MR) is 88.6 cm³/mol. The molecule has 6 nitrogen and oxygen atoms in total. The lowest BCUT2D eigenvalue weighted by Gasteiger charge is -2.29. The number of likely N-dealkylation sites (tertiary alicyclic amines) is 1. The van der Waals surface area contributed by atoms with E-state index in [-0.39, 0.29) is 18.1 Å². The summed E-state index contributed by atoms with van der Waals surface area (Å²) in [5, 5.41) is 7.80. The molecule has 1 aromatic heterocycles. The van der Waals surface area contributed by atoms with E-state index >= 15 is 0 Å². The molecule has 0 spiro atoms. The topological polar surface area (TPSA) is 60.2 Å². The molecule has 2 atom stereocenters. The van der Waals surface area contributed by atoms with Crippen molar-refractivity contribution < 1.29 is 9.53 Å². The van der Waals surface area contributed by atoms with Crippen molar-refractivity contribution in [3.63, 3.8) is 0 Å². The maximum Gasteiger partial charge on any atom is 0.254 e. The monoisotopic (exact) mass is 326 g/mol. The second kappa shape index (κ2) is 6.73. The van der Waals surface area contributed by atoms with Gasteiger partial charge in [0.1, 0.15) is 0 Å². The molecule has 0 radical (unpaired) electrons. The number of carbonyl (C=O) groups is 1. The van der Waals surface area contributed by atoms with Crippen LogP contribution < -0.4 is 0 Å². The van der Waals surface area contributed by atoms with Crippen molar-refractivity contribution in [2.24, 2.45) is 0 Å². The van der Waals surface area contributed by atoms with Crippen LogP contribution in [-0.4, -0.2) is 51.1 Å². The van der Waals surface area contributed by atoms with Crippen molar-refractivity contribution in [1.82, 2.24) is 19.9 Å². The molecule has 24 heavy (non-hydrogen) atoms. The van der Waals surface area contributed by atoms with Gasteiger partial charge in [-0.15, -0.1) is 5.10 Å². The SMILES string of the molecule is O=C(c1cccc(Cn2ccnn2)c1)N1CCCC1C1CCCO1. The number of rotatable bonds is 4. The number of nitrogens with zero attached hydrogens (tertiary/aromatic N) is 4. The van der Waals surface area contributed by atoms with Crippen LogP contribution >= 0.6 is 0 Å². The summed E-state index contributed by atoms with van der Waals surface area (Å²) >= 11 is 0. The van der Waals surface area contributed by atoms with Gasteiger partial charge < -0.3 is 9.64 Å². The fraction of sp³-hybridized carbons (Fsp3) is 0.500. The van der Waals surface area contributed by atoms with Gasteiger partial charge in [-0.05, 0) is 43.4 Å². The van der Waals surface area contributed by atoms with Crippen LogP contribution in [0.1, 0.15) is 41.6 Å². The second-order valence-corrected chi connectivity index (χ2v) is 6.56. The number of carbonyl (C=O) groups excluding carboxylic acids is 1. The van der Waals surface area contributed by atoms with Crippen molar-refractivity contribution in [1.29, 1.82) is 0 Å². The average Bonchev–Trinajstić information content (AvgIpc) is 3.35. The van der Waals surface area contributed by atoms with Crippen LogP contribution in [0.2, 0.25) is 0 Å². The molecule has 4 rings (SSSR count). The molecule has 2 aliphatic heterocycles. The van der Waals surface area contributed by atoms with Gasteiger partial charge in [-0.25, -0.2) is 4.68 Å². The van der Waals surface area contributed by atoms with Gasteiger partial charge in [0.25, 0.3) is 5.91 Å². The van der Waals surface area contributed by atoms with Crippen LogP contribution in [-0.2, 0) is 11.3 Å². The van der Waals surface area contributed by atoms with E-state index < -0.39 is 0 Å². The third-order valence-corrected chi connectivity index (χ3v) is 4.94. The number of hydrogen-bond acceptors (Lipinski definition) is 4. The van der Waals surface area contributed by atoms with E-state index in [1.54, 1.807) is 10.9 Å². The minimum Gasteiger partial charge on any atom is -0.376 e. The number of amides is 1. The summed E-state index contributed by atoms with van der Waals surface area (Å²) in [4.78, 5) is 15.0. The molecular weight excluding hydrogens is 304 g/mol. The lowest BCUT2D eigenvalue weighted by Crippen LogP contribution is -2.42. The first-order valence-electron chi connectivity index (χ1n) is 8.67. The largest absolute Gasteiger partial charge is 0.376 e. The van der Waals surface area contributed by atoms with Gasteiger partial charge in [0.05, 0.1) is 24.9 Å². The maximum absolute atomic E-state index is 13.0. The first-order chi connectivity index (χ1) is 11.8. The minimum atomic E-state index is 0.119. The Balaban J connectivity index is 1.51. The zero-order valence-electron chi connectivity index (χ0n) is 13.7. The zero-order valence-corrected chi connectivity index (χ0v) is 13.7. The van der Waals surface area contributed by atoms with Gasteiger partial charge in [0, 0.05) is 24.9 Å². The first kappa shape index (κ1) is 15.3. The Morgan fingerprint density at radius 3 is 3.04 bits per heavy atom. The lowest BCUT2D eigenvalue weighted by atomic mass is 10.0. The highest BCUT2D eigenvalue weighted by Gasteiger charge is 2.37. The van der Waals surface area contributed by atoms with Gasteiger partial charge in [-0.1, -0.05) is 17.3 Å². The summed E-state index contributed by atoms with van der Waals surface area (Å²) in [6.07, 6.45) is 7.99. The summed E-state index contributed by atoms with van der Waals surface area (Å²) in [7, 11) is 0. The Morgan fingerprint density at radius 1 is 1.29 bits per heavy atom. The normalized spacial score (nSPS) is 23.8. The Labute approximate surface area is 141 Å². The highest BCUT2D eigenvalue weighted by Crippen LogP contribution is 2.29. The molecule has 126 valence electrons. The Hall–Kier alpha value is -2.21. The molecule has 0 saturated carbocycles.